The van der Waals surface area contributed by atoms with Crippen LogP contribution in [0.15, 0.2) is 59.1 Å². The minimum Gasteiger partial charge on any atom is -0.465 e. The van der Waals surface area contributed by atoms with Crippen molar-refractivity contribution in [2.24, 2.45) is 0 Å². The third-order valence-electron chi connectivity index (χ3n) is 3.80. The van der Waals surface area contributed by atoms with E-state index in [1.54, 1.807) is 47.4 Å². The zero-order chi connectivity index (χ0) is 19.4. The van der Waals surface area contributed by atoms with E-state index in [9.17, 15) is 18.3 Å². The first-order valence-corrected chi connectivity index (χ1v) is 10.2. The van der Waals surface area contributed by atoms with E-state index in [0.29, 0.717) is 5.56 Å². The van der Waals surface area contributed by atoms with Gasteiger partial charge in [0.1, 0.15) is 9.77 Å². The van der Waals surface area contributed by atoms with Crippen molar-refractivity contribution < 1.29 is 23.1 Å². The number of nitrogens with zero attached hydrogens (tertiary/aromatic N) is 2. The summed E-state index contributed by atoms with van der Waals surface area (Å²) in [5, 5.41) is 15.9. The fourth-order valence-corrected chi connectivity index (χ4v) is 4.78. The van der Waals surface area contributed by atoms with Gasteiger partial charge < -0.3 is 9.84 Å². The van der Waals surface area contributed by atoms with Crippen molar-refractivity contribution in [2.45, 2.75) is 11.0 Å². The molecule has 3 aromatic rings. The van der Waals surface area contributed by atoms with Gasteiger partial charge in [0, 0.05) is 18.9 Å². The Balaban J connectivity index is 1.69. The molecule has 0 aliphatic carbocycles. The quantitative estimate of drug-likeness (QED) is 0.577. The first-order chi connectivity index (χ1) is 12.9. The van der Waals surface area contributed by atoms with E-state index in [2.05, 4.69) is 14.6 Å². The molecule has 1 unspecified atom stereocenters. The highest BCUT2D eigenvalue weighted by Crippen LogP contribution is 2.23. The van der Waals surface area contributed by atoms with Gasteiger partial charge in [0.15, 0.2) is 0 Å². The topological polar surface area (TPSA) is 111 Å². The number of benzene rings is 1. The van der Waals surface area contributed by atoms with Gasteiger partial charge in [-0.1, -0.05) is 12.1 Å². The summed E-state index contributed by atoms with van der Waals surface area (Å²) >= 11 is 0.976. The van der Waals surface area contributed by atoms with Crippen molar-refractivity contribution in [1.82, 2.24) is 14.5 Å². The molecule has 1 atom stereocenters. The number of carbonyl (C=O) groups excluding carboxylic acids is 1. The summed E-state index contributed by atoms with van der Waals surface area (Å²) in [5.74, 6) is -0.722. The average Bonchev–Trinajstić information content (AvgIpc) is 3.37. The first-order valence-electron chi connectivity index (χ1n) is 7.86. The summed E-state index contributed by atoms with van der Waals surface area (Å²) in [6.07, 6.45) is 2.40. The fraction of sp³-hybridized carbons (Fsp3) is 0.176. The van der Waals surface area contributed by atoms with Gasteiger partial charge in [-0.2, -0.15) is 5.10 Å². The summed E-state index contributed by atoms with van der Waals surface area (Å²) in [5.41, 5.74) is 1.37. The van der Waals surface area contributed by atoms with Crippen molar-refractivity contribution in [3.8, 4) is 5.69 Å². The van der Waals surface area contributed by atoms with Gasteiger partial charge in [-0.05, 0) is 35.2 Å². The molecule has 0 aliphatic rings. The second kappa shape index (κ2) is 8.01. The molecule has 10 heteroatoms. The molecule has 0 saturated carbocycles. The molecule has 3 rings (SSSR count). The van der Waals surface area contributed by atoms with E-state index in [4.69, 9.17) is 0 Å². The number of rotatable bonds is 7. The molecule has 2 N–H and O–H groups in total. The number of hydrogen-bond donors (Lipinski definition) is 2. The number of thiophene rings is 1. The van der Waals surface area contributed by atoms with Crippen LogP contribution >= 0.6 is 11.3 Å². The Kier molecular flexibility index (Phi) is 5.71. The van der Waals surface area contributed by atoms with Gasteiger partial charge in [-0.3, -0.25) is 0 Å². The van der Waals surface area contributed by atoms with Crippen molar-refractivity contribution in [2.75, 3.05) is 13.7 Å². The van der Waals surface area contributed by atoms with Crippen molar-refractivity contribution >= 4 is 27.3 Å². The van der Waals surface area contributed by atoms with Crippen LogP contribution in [0.3, 0.4) is 0 Å². The standard InChI is InChI=1S/C17H17N3O5S2/c1-25-17(22)16-15(7-10-26-16)27(23,24)19-11-14(21)12-3-5-13(6-4-12)20-9-2-8-18-20/h2-10,14,19,21H,11H2,1H3. The SMILES string of the molecule is COC(=O)c1sccc1S(=O)(=O)NCC(O)c1ccc(-n2cccn2)cc1. The van der Waals surface area contributed by atoms with Crippen LogP contribution in [-0.2, 0) is 14.8 Å². The summed E-state index contributed by atoms with van der Waals surface area (Å²) < 4.78 is 33.5. The van der Waals surface area contributed by atoms with Gasteiger partial charge in [0.25, 0.3) is 0 Å². The molecule has 0 aliphatic heterocycles. The number of aliphatic hydroxyl groups excluding tert-OH is 1. The highest BCUT2D eigenvalue weighted by molar-refractivity contribution is 7.89. The number of carbonyl (C=O) groups is 1. The second-order valence-electron chi connectivity index (χ2n) is 5.52. The Hall–Kier alpha value is -2.53. The fourth-order valence-electron chi connectivity index (χ4n) is 2.41. The van der Waals surface area contributed by atoms with E-state index in [1.165, 1.54) is 18.6 Å². The van der Waals surface area contributed by atoms with Crippen LogP contribution in [0.4, 0.5) is 0 Å². The average molecular weight is 407 g/mol. The normalized spacial score (nSPS) is 12.7. The number of ether oxygens (including phenoxy) is 1. The number of esters is 1. The van der Waals surface area contributed by atoms with Gasteiger partial charge in [-0.25, -0.2) is 22.6 Å². The highest BCUT2D eigenvalue weighted by Gasteiger charge is 2.25. The maximum Gasteiger partial charge on any atom is 0.349 e. The lowest BCUT2D eigenvalue weighted by molar-refractivity contribution is 0.0602. The smallest absolute Gasteiger partial charge is 0.349 e. The lowest BCUT2D eigenvalue weighted by Gasteiger charge is -2.13. The van der Waals surface area contributed by atoms with Crippen LogP contribution < -0.4 is 4.72 Å². The molecule has 0 spiro atoms. The van der Waals surface area contributed by atoms with E-state index >= 15 is 0 Å². The van der Waals surface area contributed by atoms with E-state index in [1.807, 2.05) is 0 Å². The zero-order valence-electron chi connectivity index (χ0n) is 14.3. The van der Waals surface area contributed by atoms with Gasteiger partial charge >= 0.3 is 5.97 Å². The number of methoxy groups -OCH3 is 1. The van der Waals surface area contributed by atoms with Crippen LogP contribution in [-0.4, -0.2) is 42.9 Å². The van der Waals surface area contributed by atoms with Crippen LogP contribution in [0.1, 0.15) is 21.3 Å². The molecular formula is C17H17N3O5S2. The first kappa shape index (κ1) is 19.2. The molecule has 0 fully saturated rings. The van der Waals surface area contributed by atoms with Crippen molar-refractivity contribution in [3.63, 3.8) is 0 Å². The monoisotopic (exact) mass is 407 g/mol. The predicted octanol–water partition coefficient (Wildman–Crippen LogP) is 1.73. The molecule has 2 heterocycles. The summed E-state index contributed by atoms with van der Waals surface area (Å²) in [4.78, 5) is 11.5. The van der Waals surface area contributed by atoms with Crippen LogP contribution in [0, 0.1) is 0 Å². The number of hydrogen-bond acceptors (Lipinski definition) is 7. The molecule has 8 nitrogen and oxygen atoms in total. The van der Waals surface area contributed by atoms with Crippen molar-refractivity contribution in [3.05, 3.63) is 64.6 Å². The van der Waals surface area contributed by atoms with Gasteiger partial charge in [0.2, 0.25) is 10.0 Å². The Morgan fingerprint density at radius 3 is 2.70 bits per heavy atom. The van der Waals surface area contributed by atoms with Crippen LogP contribution in [0.5, 0.6) is 0 Å². The zero-order valence-corrected chi connectivity index (χ0v) is 15.9. The largest absolute Gasteiger partial charge is 0.465 e. The number of aliphatic hydroxyl groups is 1. The maximum absolute atomic E-state index is 12.4. The molecule has 1 aromatic carbocycles. The summed E-state index contributed by atoms with van der Waals surface area (Å²) in [6.45, 7) is -0.236. The van der Waals surface area contributed by atoms with Crippen LogP contribution in [0.25, 0.3) is 5.69 Å². The lowest BCUT2D eigenvalue weighted by Crippen LogP contribution is -2.29. The molecule has 142 valence electrons. The minimum absolute atomic E-state index is 0.0111. The van der Waals surface area contributed by atoms with E-state index < -0.39 is 22.1 Å². The molecular weight excluding hydrogens is 390 g/mol. The number of nitrogens with one attached hydrogen (secondary N) is 1. The lowest BCUT2D eigenvalue weighted by atomic mass is 10.1. The van der Waals surface area contributed by atoms with Crippen LogP contribution in [0.2, 0.25) is 0 Å². The second-order valence-corrected chi connectivity index (χ2v) is 8.17. The van der Waals surface area contributed by atoms with Gasteiger partial charge in [0.05, 0.1) is 18.9 Å². The highest BCUT2D eigenvalue weighted by atomic mass is 32.2. The third-order valence-corrected chi connectivity index (χ3v) is 6.29. The summed E-state index contributed by atoms with van der Waals surface area (Å²) in [6, 6.07) is 10.1. The van der Waals surface area contributed by atoms with Crippen molar-refractivity contribution in [1.29, 1.82) is 0 Å². The van der Waals surface area contributed by atoms with Gasteiger partial charge in [-0.15, -0.1) is 11.3 Å². The molecule has 0 bridgehead atoms. The maximum atomic E-state index is 12.4. The third kappa shape index (κ3) is 4.25. The Morgan fingerprint density at radius 1 is 1.33 bits per heavy atom. The number of aromatic nitrogens is 2. The molecule has 2 aromatic heterocycles. The number of sulfonamides is 1. The molecule has 0 saturated heterocycles. The van der Waals surface area contributed by atoms with E-state index in [0.717, 1.165) is 17.0 Å². The Bertz CT molecular complexity index is 1010. The Morgan fingerprint density at radius 2 is 2.07 bits per heavy atom. The summed E-state index contributed by atoms with van der Waals surface area (Å²) in [7, 11) is -2.78. The van der Waals surface area contributed by atoms with E-state index in [-0.39, 0.29) is 16.3 Å². The predicted molar refractivity (Wildman–Crippen MR) is 99.4 cm³/mol. The molecule has 0 radical (unpaired) electrons. The molecule has 0 amide bonds. The Labute approximate surface area is 160 Å². The minimum atomic E-state index is -3.96. The molecule has 27 heavy (non-hydrogen) atoms.